The van der Waals surface area contributed by atoms with Crippen LogP contribution in [-0.2, 0) is 6.42 Å². The highest BCUT2D eigenvalue weighted by molar-refractivity contribution is 5.92. The van der Waals surface area contributed by atoms with Gasteiger partial charge in [0, 0.05) is 32.0 Å². The normalized spacial score (nSPS) is 16.8. The maximum absolute atomic E-state index is 11.4. The van der Waals surface area contributed by atoms with Crippen LogP contribution in [0.3, 0.4) is 0 Å². The Hall–Kier alpha value is -2.77. The van der Waals surface area contributed by atoms with Gasteiger partial charge in [-0.3, -0.25) is 10.0 Å². The molecule has 2 aromatic rings. The number of allylic oxidation sites excluding steroid dienone is 1. The second-order valence-corrected chi connectivity index (χ2v) is 7.87. The molecular weight excluding hydrogens is 366 g/mol. The molecular formula is C22H27N5O2. The quantitative estimate of drug-likeness (QED) is 0.516. The van der Waals surface area contributed by atoms with Crippen molar-refractivity contribution in [3.63, 3.8) is 0 Å². The van der Waals surface area contributed by atoms with E-state index in [9.17, 15) is 4.79 Å². The van der Waals surface area contributed by atoms with E-state index in [0.717, 1.165) is 45.4 Å². The monoisotopic (exact) mass is 393 g/mol. The van der Waals surface area contributed by atoms with E-state index in [1.807, 2.05) is 0 Å². The fourth-order valence-electron chi connectivity index (χ4n) is 4.24. The lowest BCUT2D eigenvalue weighted by Gasteiger charge is -2.32. The van der Waals surface area contributed by atoms with E-state index in [2.05, 4.69) is 51.4 Å². The number of carbonyl (C=O) groups excluding carboxylic acids is 1. The molecule has 1 amide bonds. The Bertz CT molecular complexity index is 902. The van der Waals surface area contributed by atoms with Gasteiger partial charge in [0.2, 0.25) is 5.95 Å². The number of aromatic nitrogens is 2. The van der Waals surface area contributed by atoms with Crippen LogP contribution in [0.2, 0.25) is 0 Å². The first-order valence-electron chi connectivity index (χ1n) is 10.1. The highest BCUT2D eigenvalue weighted by atomic mass is 16.5. The molecule has 0 spiro atoms. The Kier molecular flexibility index (Phi) is 5.87. The van der Waals surface area contributed by atoms with E-state index in [-0.39, 0.29) is 5.56 Å². The zero-order chi connectivity index (χ0) is 20.2. The number of rotatable bonds is 6. The number of amides is 1. The van der Waals surface area contributed by atoms with Crippen molar-refractivity contribution in [1.29, 1.82) is 0 Å². The Morgan fingerprint density at radius 3 is 2.66 bits per heavy atom. The van der Waals surface area contributed by atoms with Gasteiger partial charge in [0.05, 0.1) is 5.56 Å². The summed E-state index contributed by atoms with van der Waals surface area (Å²) < 4.78 is 0. The van der Waals surface area contributed by atoms with Gasteiger partial charge in [0.25, 0.3) is 5.91 Å². The van der Waals surface area contributed by atoms with Crippen LogP contribution in [0.5, 0.6) is 0 Å². The predicted octanol–water partition coefficient (Wildman–Crippen LogP) is 2.43. The van der Waals surface area contributed by atoms with Gasteiger partial charge < -0.3 is 10.2 Å². The SMILES string of the molecule is CC1=C(CNCC2CCN(c3ncc(C(=O)NO)cn3)CC2)c2ccccc2C1. The summed E-state index contributed by atoms with van der Waals surface area (Å²) in [5.74, 6) is 0.675. The summed E-state index contributed by atoms with van der Waals surface area (Å²) >= 11 is 0. The van der Waals surface area contributed by atoms with Gasteiger partial charge >= 0.3 is 0 Å². The minimum Gasteiger partial charge on any atom is -0.341 e. The lowest BCUT2D eigenvalue weighted by molar-refractivity contribution is 0.0705. The van der Waals surface area contributed by atoms with Crippen LogP contribution in [0.25, 0.3) is 5.57 Å². The molecule has 1 aromatic heterocycles. The Morgan fingerprint density at radius 2 is 1.93 bits per heavy atom. The van der Waals surface area contributed by atoms with Gasteiger partial charge in [-0.1, -0.05) is 29.8 Å². The Morgan fingerprint density at radius 1 is 1.21 bits per heavy atom. The number of nitrogens with zero attached hydrogens (tertiary/aromatic N) is 3. The van der Waals surface area contributed by atoms with Crippen LogP contribution in [0, 0.1) is 5.92 Å². The van der Waals surface area contributed by atoms with Crippen molar-refractivity contribution in [3.05, 3.63) is 58.9 Å². The van der Waals surface area contributed by atoms with Crippen molar-refractivity contribution in [2.45, 2.75) is 26.2 Å². The number of anilines is 1. The third kappa shape index (κ3) is 4.31. The second kappa shape index (κ2) is 8.71. The lowest BCUT2D eigenvalue weighted by Crippen LogP contribution is -2.38. The van der Waals surface area contributed by atoms with Gasteiger partial charge in [-0.15, -0.1) is 0 Å². The first-order valence-corrected chi connectivity index (χ1v) is 10.1. The smallest absolute Gasteiger partial charge is 0.277 e. The van der Waals surface area contributed by atoms with Crippen molar-refractivity contribution in [1.82, 2.24) is 20.8 Å². The van der Waals surface area contributed by atoms with E-state index < -0.39 is 5.91 Å². The molecule has 152 valence electrons. The largest absolute Gasteiger partial charge is 0.341 e. The zero-order valence-electron chi connectivity index (χ0n) is 16.7. The van der Waals surface area contributed by atoms with Crippen molar-refractivity contribution in [2.75, 3.05) is 31.1 Å². The molecule has 1 aliphatic carbocycles. The number of carbonyl (C=O) groups is 1. The lowest BCUT2D eigenvalue weighted by atomic mass is 9.96. The fraction of sp³-hybridized carbons (Fsp3) is 0.409. The number of fused-ring (bicyclic) bond motifs is 1. The molecule has 29 heavy (non-hydrogen) atoms. The Balaban J connectivity index is 1.25. The summed E-state index contributed by atoms with van der Waals surface area (Å²) in [6.07, 6.45) is 6.13. The minimum absolute atomic E-state index is 0.244. The van der Waals surface area contributed by atoms with Crippen molar-refractivity contribution >= 4 is 17.4 Å². The predicted molar refractivity (Wildman–Crippen MR) is 112 cm³/mol. The first kappa shape index (κ1) is 19.5. The second-order valence-electron chi connectivity index (χ2n) is 7.87. The molecule has 0 unspecified atom stereocenters. The van der Waals surface area contributed by atoms with E-state index >= 15 is 0 Å². The molecule has 7 heteroatoms. The van der Waals surface area contributed by atoms with Crippen molar-refractivity contribution in [2.24, 2.45) is 5.92 Å². The number of hydroxylamine groups is 1. The summed E-state index contributed by atoms with van der Waals surface area (Å²) in [5, 5.41) is 12.3. The van der Waals surface area contributed by atoms with Gasteiger partial charge in [-0.2, -0.15) is 0 Å². The molecule has 0 radical (unpaired) electrons. The summed E-state index contributed by atoms with van der Waals surface area (Å²) in [6.45, 7) is 6.00. The molecule has 1 saturated heterocycles. The molecule has 4 rings (SSSR count). The van der Waals surface area contributed by atoms with Gasteiger partial charge in [-0.05, 0) is 55.3 Å². The highest BCUT2D eigenvalue weighted by Gasteiger charge is 2.22. The van der Waals surface area contributed by atoms with Crippen LogP contribution in [0.15, 0.2) is 42.2 Å². The van der Waals surface area contributed by atoms with Crippen LogP contribution in [-0.4, -0.2) is 47.3 Å². The number of hydrogen-bond acceptors (Lipinski definition) is 6. The number of hydrogen-bond donors (Lipinski definition) is 3. The van der Waals surface area contributed by atoms with Crippen LogP contribution in [0.1, 0.15) is 41.3 Å². The van der Waals surface area contributed by atoms with Crippen molar-refractivity contribution in [3.8, 4) is 0 Å². The topological polar surface area (TPSA) is 90.4 Å². The fourth-order valence-corrected chi connectivity index (χ4v) is 4.24. The third-order valence-corrected chi connectivity index (χ3v) is 5.95. The first-order chi connectivity index (χ1) is 14.2. The number of piperidine rings is 1. The van der Waals surface area contributed by atoms with Crippen molar-refractivity contribution < 1.29 is 10.0 Å². The average Bonchev–Trinajstić information content (AvgIpc) is 3.09. The molecule has 1 fully saturated rings. The van der Waals surface area contributed by atoms with E-state index in [4.69, 9.17) is 5.21 Å². The Labute approximate surface area is 170 Å². The molecule has 2 heterocycles. The zero-order valence-corrected chi connectivity index (χ0v) is 16.7. The standard InChI is InChI=1S/C22H27N5O2/c1-15-10-17-4-2-3-5-19(17)20(15)14-23-11-16-6-8-27(9-7-16)22-24-12-18(13-25-22)21(28)26-29/h2-5,12-13,16,23,29H,6-11,14H2,1H3,(H,26,28). The minimum atomic E-state index is -0.600. The summed E-state index contributed by atoms with van der Waals surface area (Å²) in [5.41, 5.74) is 7.62. The van der Waals surface area contributed by atoms with Gasteiger partial charge in [0.15, 0.2) is 0 Å². The van der Waals surface area contributed by atoms with E-state index in [0.29, 0.717) is 11.9 Å². The summed E-state index contributed by atoms with van der Waals surface area (Å²) in [4.78, 5) is 22.0. The maximum atomic E-state index is 11.4. The van der Waals surface area contributed by atoms with Crippen LogP contribution < -0.4 is 15.7 Å². The van der Waals surface area contributed by atoms with Gasteiger partial charge in [-0.25, -0.2) is 15.4 Å². The molecule has 7 nitrogen and oxygen atoms in total. The molecule has 1 aromatic carbocycles. The molecule has 0 bridgehead atoms. The summed E-state index contributed by atoms with van der Waals surface area (Å²) in [7, 11) is 0. The molecule has 0 atom stereocenters. The third-order valence-electron chi connectivity index (χ3n) is 5.95. The summed E-state index contributed by atoms with van der Waals surface area (Å²) in [6, 6.07) is 8.70. The number of nitrogens with one attached hydrogen (secondary N) is 2. The number of benzene rings is 1. The maximum Gasteiger partial charge on any atom is 0.277 e. The molecule has 1 aliphatic heterocycles. The highest BCUT2D eigenvalue weighted by Crippen LogP contribution is 2.32. The molecule has 2 aliphatic rings. The average molecular weight is 393 g/mol. The van der Waals surface area contributed by atoms with E-state index in [1.165, 1.54) is 34.7 Å². The molecule has 3 N–H and O–H groups in total. The van der Waals surface area contributed by atoms with Gasteiger partial charge in [0.1, 0.15) is 0 Å². The van der Waals surface area contributed by atoms with E-state index in [1.54, 1.807) is 5.48 Å². The van der Waals surface area contributed by atoms with Crippen LogP contribution >= 0.6 is 0 Å². The van der Waals surface area contributed by atoms with Crippen LogP contribution in [0.4, 0.5) is 5.95 Å². The molecule has 0 saturated carbocycles.